The second-order valence-corrected chi connectivity index (χ2v) is 5.61. The number of hydrogen-bond donors (Lipinski definition) is 1. The maximum absolute atomic E-state index is 9.64. The number of ether oxygens (including phenoxy) is 1. The minimum atomic E-state index is 0.304. The highest BCUT2D eigenvalue weighted by Gasteiger charge is 2.09. The van der Waals surface area contributed by atoms with E-state index in [1.165, 1.54) is 5.56 Å². The first-order valence-electron chi connectivity index (χ1n) is 7.86. The first-order chi connectivity index (χ1) is 10.8. The van der Waals surface area contributed by atoms with Gasteiger partial charge in [-0.3, -0.25) is 0 Å². The summed E-state index contributed by atoms with van der Waals surface area (Å²) in [7, 11) is 0. The Morgan fingerprint density at radius 2 is 1.68 bits per heavy atom. The summed E-state index contributed by atoms with van der Waals surface area (Å²) < 4.78 is 5.78. The smallest absolute Gasteiger partial charge is 0.119 e. The van der Waals surface area contributed by atoms with Crippen molar-refractivity contribution in [1.29, 1.82) is 0 Å². The van der Waals surface area contributed by atoms with Gasteiger partial charge in [0, 0.05) is 11.1 Å². The Morgan fingerprint density at radius 3 is 2.41 bits per heavy atom. The van der Waals surface area contributed by atoms with Crippen molar-refractivity contribution in [3.8, 4) is 23.3 Å². The zero-order valence-corrected chi connectivity index (χ0v) is 12.9. The predicted molar refractivity (Wildman–Crippen MR) is 88.3 cm³/mol. The van der Waals surface area contributed by atoms with Crippen LogP contribution in [-0.4, -0.2) is 11.7 Å². The maximum atomic E-state index is 9.64. The summed E-state index contributed by atoms with van der Waals surface area (Å²) in [4.78, 5) is 0. The Kier molecular flexibility index (Phi) is 4.34. The molecule has 0 unspecified atom stereocenters. The lowest BCUT2D eigenvalue weighted by molar-refractivity contribution is 0.309. The van der Waals surface area contributed by atoms with E-state index in [0.717, 1.165) is 54.7 Å². The highest BCUT2D eigenvalue weighted by molar-refractivity contribution is 5.54. The molecule has 0 bridgehead atoms. The Labute approximate surface area is 131 Å². The number of unbranched alkanes of at least 4 members (excludes halogenated alkanes) is 1. The van der Waals surface area contributed by atoms with E-state index in [1.54, 1.807) is 6.07 Å². The van der Waals surface area contributed by atoms with Crippen LogP contribution in [-0.2, 0) is 12.8 Å². The summed E-state index contributed by atoms with van der Waals surface area (Å²) >= 11 is 0. The van der Waals surface area contributed by atoms with Gasteiger partial charge < -0.3 is 9.84 Å². The van der Waals surface area contributed by atoms with Gasteiger partial charge in [0.15, 0.2) is 0 Å². The highest BCUT2D eigenvalue weighted by Crippen LogP contribution is 2.24. The molecule has 1 N–H and O–H groups in total. The van der Waals surface area contributed by atoms with Gasteiger partial charge in [-0.15, -0.1) is 0 Å². The van der Waals surface area contributed by atoms with Gasteiger partial charge in [0.25, 0.3) is 0 Å². The molecule has 3 rings (SSSR count). The fourth-order valence-electron chi connectivity index (χ4n) is 2.64. The second kappa shape index (κ2) is 6.58. The van der Waals surface area contributed by atoms with Crippen LogP contribution in [0.5, 0.6) is 11.5 Å². The van der Waals surface area contributed by atoms with E-state index in [2.05, 4.69) is 30.9 Å². The number of phenolic OH excluding ortho intramolecular Hbond substituents is 1. The van der Waals surface area contributed by atoms with E-state index in [-0.39, 0.29) is 0 Å². The number of rotatable bonds is 4. The number of aromatic hydroxyl groups is 1. The van der Waals surface area contributed by atoms with E-state index in [4.69, 9.17) is 4.74 Å². The molecule has 0 atom stereocenters. The minimum absolute atomic E-state index is 0.304. The van der Waals surface area contributed by atoms with Gasteiger partial charge in [0.2, 0.25) is 0 Å². The first-order valence-corrected chi connectivity index (χ1v) is 7.86. The van der Waals surface area contributed by atoms with Crippen molar-refractivity contribution in [3.63, 3.8) is 0 Å². The van der Waals surface area contributed by atoms with Crippen LogP contribution >= 0.6 is 0 Å². The minimum Gasteiger partial charge on any atom is -0.508 e. The van der Waals surface area contributed by atoms with Crippen LogP contribution in [0.15, 0.2) is 36.4 Å². The Balaban J connectivity index is 1.87. The van der Waals surface area contributed by atoms with Crippen LogP contribution in [0.25, 0.3) is 0 Å². The van der Waals surface area contributed by atoms with E-state index in [0.29, 0.717) is 5.75 Å². The van der Waals surface area contributed by atoms with Crippen molar-refractivity contribution >= 4 is 0 Å². The lowest BCUT2D eigenvalue weighted by atomic mass is 9.94. The van der Waals surface area contributed by atoms with Crippen LogP contribution in [0.2, 0.25) is 0 Å². The Hall–Kier alpha value is -2.40. The van der Waals surface area contributed by atoms with Crippen molar-refractivity contribution in [1.82, 2.24) is 0 Å². The van der Waals surface area contributed by atoms with Gasteiger partial charge in [0.05, 0.1) is 6.61 Å². The molecule has 112 valence electrons. The zero-order valence-electron chi connectivity index (χ0n) is 12.9. The number of hydrogen-bond acceptors (Lipinski definition) is 2. The molecule has 0 saturated carbocycles. The standard InChI is InChI=1S/C20H20O2/c1-2-3-12-22-20-11-9-16-5-4-15-8-10-19(21)13-17(15)6-7-18(16)14-20/h8-11,13-14,21H,2-3,6-7,12H2,1H3. The maximum Gasteiger partial charge on any atom is 0.119 e. The molecule has 1 aliphatic rings. The van der Waals surface area contributed by atoms with Crippen LogP contribution < -0.4 is 4.74 Å². The molecule has 22 heavy (non-hydrogen) atoms. The summed E-state index contributed by atoms with van der Waals surface area (Å²) in [5.74, 6) is 7.69. The number of aryl methyl sites for hydroxylation is 2. The van der Waals surface area contributed by atoms with Gasteiger partial charge in [0.1, 0.15) is 11.5 Å². The van der Waals surface area contributed by atoms with Crippen LogP contribution in [0.4, 0.5) is 0 Å². The second-order valence-electron chi connectivity index (χ2n) is 5.61. The molecule has 0 saturated heterocycles. The molecular weight excluding hydrogens is 272 g/mol. The highest BCUT2D eigenvalue weighted by atomic mass is 16.5. The fourth-order valence-corrected chi connectivity index (χ4v) is 2.64. The Bertz CT molecular complexity index is 735. The average Bonchev–Trinajstić information content (AvgIpc) is 2.51. The topological polar surface area (TPSA) is 29.5 Å². The monoisotopic (exact) mass is 292 g/mol. The molecule has 0 amide bonds. The van der Waals surface area contributed by atoms with Gasteiger partial charge in [-0.2, -0.15) is 0 Å². The lowest BCUT2D eigenvalue weighted by Gasteiger charge is -2.13. The van der Waals surface area contributed by atoms with Gasteiger partial charge in [-0.1, -0.05) is 25.2 Å². The lowest BCUT2D eigenvalue weighted by Crippen LogP contribution is -2.02. The molecule has 1 aliphatic carbocycles. The molecule has 2 nitrogen and oxygen atoms in total. The van der Waals surface area contributed by atoms with Crippen LogP contribution in [0.1, 0.15) is 42.0 Å². The molecule has 2 heteroatoms. The largest absolute Gasteiger partial charge is 0.508 e. The number of benzene rings is 2. The Morgan fingerprint density at radius 1 is 1.00 bits per heavy atom. The summed E-state index contributed by atoms with van der Waals surface area (Å²) in [5, 5.41) is 9.64. The van der Waals surface area contributed by atoms with Crippen LogP contribution in [0.3, 0.4) is 0 Å². The molecule has 2 aromatic rings. The SMILES string of the molecule is CCCCOc1ccc2c(c1)CCc1cc(O)ccc1C#C2. The average molecular weight is 292 g/mol. The molecule has 0 fully saturated rings. The predicted octanol–water partition coefficient (Wildman–Crippen LogP) is 4.07. The molecule has 2 aromatic carbocycles. The normalized spacial score (nSPS) is 12.2. The number of fused-ring (bicyclic) bond motifs is 2. The molecule has 0 heterocycles. The van der Waals surface area contributed by atoms with E-state index in [9.17, 15) is 5.11 Å². The quantitative estimate of drug-likeness (QED) is 0.680. The van der Waals surface area contributed by atoms with Gasteiger partial charge in [-0.05, 0) is 66.8 Å². The molecule has 0 spiro atoms. The van der Waals surface area contributed by atoms with Crippen molar-refractivity contribution in [2.75, 3.05) is 6.61 Å². The van der Waals surface area contributed by atoms with Crippen molar-refractivity contribution < 1.29 is 9.84 Å². The summed E-state index contributed by atoms with van der Waals surface area (Å²) in [6.45, 7) is 2.92. The number of phenols is 1. The third-order valence-corrected chi connectivity index (χ3v) is 3.93. The van der Waals surface area contributed by atoms with Crippen molar-refractivity contribution in [2.45, 2.75) is 32.6 Å². The summed E-state index contributed by atoms with van der Waals surface area (Å²) in [6.07, 6.45) is 4.00. The zero-order chi connectivity index (χ0) is 15.4. The van der Waals surface area contributed by atoms with Crippen LogP contribution in [0, 0.1) is 11.8 Å². The van der Waals surface area contributed by atoms with Crippen molar-refractivity contribution in [2.24, 2.45) is 0 Å². The molecule has 0 aromatic heterocycles. The molecular formula is C20H20O2. The molecule has 0 radical (unpaired) electrons. The third-order valence-electron chi connectivity index (χ3n) is 3.93. The van der Waals surface area contributed by atoms with E-state index in [1.807, 2.05) is 18.2 Å². The third kappa shape index (κ3) is 3.26. The van der Waals surface area contributed by atoms with Gasteiger partial charge >= 0.3 is 0 Å². The van der Waals surface area contributed by atoms with Crippen molar-refractivity contribution in [3.05, 3.63) is 58.7 Å². The van der Waals surface area contributed by atoms with E-state index >= 15 is 0 Å². The van der Waals surface area contributed by atoms with E-state index < -0.39 is 0 Å². The molecule has 0 aliphatic heterocycles. The first kappa shape index (κ1) is 14.5. The van der Waals surface area contributed by atoms with Gasteiger partial charge in [-0.25, -0.2) is 0 Å². The summed E-state index contributed by atoms with van der Waals surface area (Å²) in [6, 6.07) is 11.6. The fraction of sp³-hybridized carbons (Fsp3) is 0.300. The summed E-state index contributed by atoms with van der Waals surface area (Å²) in [5.41, 5.74) is 4.40.